The van der Waals surface area contributed by atoms with Gasteiger partial charge in [-0.25, -0.2) is 0 Å². The Morgan fingerprint density at radius 2 is 2.00 bits per heavy atom. The Morgan fingerprint density at radius 1 is 1.23 bits per heavy atom. The molecule has 22 heavy (non-hydrogen) atoms. The molecule has 1 aliphatic carbocycles. The third-order valence-corrected chi connectivity index (χ3v) is 5.82. The molecule has 3 heteroatoms. The predicted molar refractivity (Wildman–Crippen MR) is 95.5 cm³/mol. The lowest BCUT2D eigenvalue weighted by Gasteiger charge is -2.45. The number of rotatable bonds is 7. The average Bonchev–Trinajstić information content (AvgIpc) is 2.93. The topological polar surface area (TPSA) is 53.1 Å². The van der Waals surface area contributed by atoms with Crippen molar-refractivity contribution in [2.75, 3.05) is 13.1 Å². The first-order valence-corrected chi connectivity index (χ1v) is 9.29. The fraction of sp³-hybridized carbons (Fsp3) is 0.842. The van der Waals surface area contributed by atoms with Crippen LogP contribution < -0.4 is 5.73 Å². The highest BCUT2D eigenvalue weighted by atomic mass is 15.2. The van der Waals surface area contributed by atoms with Crippen molar-refractivity contribution in [2.45, 2.75) is 77.3 Å². The van der Waals surface area contributed by atoms with Crippen LogP contribution in [0.4, 0.5) is 0 Å². The molecule has 0 aromatic carbocycles. The van der Waals surface area contributed by atoms with E-state index in [0.717, 1.165) is 43.8 Å². The third-order valence-electron chi connectivity index (χ3n) is 5.82. The van der Waals surface area contributed by atoms with Crippen molar-refractivity contribution in [1.29, 1.82) is 5.41 Å². The Balaban J connectivity index is 2.09. The third kappa shape index (κ3) is 4.42. The molecule has 2 fully saturated rings. The van der Waals surface area contributed by atoms with E-state index in [1.807, 2.05) is 0 Å². The number of allylic oxidation sites excluding steroid dienone is 1. The molecule has 1 saturated carbocycles. The van der Waals surface area contributed by atoms with Crippen LogP contribution in [-0.4, -0.2) is 36.3 Å². The summed E-state index contributed by atoms with van der Waals surface area (Å²) in [6, 6.07) is 1.31. The van der Waals surface area contributed by atoms with Crippen molar-refractivity contribution in [3.8, 4) is 0 Å². The van der Waals surface area contributed by atoms with Gasteiger partial charge in [0.25, 0.3) is 0 Å². The molecule has 0 amide bonds. The Labute approximate surface area is 136 Å². The van der Waals surface area contributed by atoms with E-state index in [1.165, 1.54) is 50.3 Å². The number of nitrogens with two attached hydrogens (primary N) is 1. The van der Waals surface area contributed by atoms with Crippen molar-refractivity contribution in [3.05, 3.63) is 11.6 Å². The first-order chi connectivity index (χ1) is 10.7. The highest BCUT2D eigenvalue weighted by molar-refractivity contribution is 5.53. The second kappa shape index (κ2) is 8.83. The summed E-state index contributed by atoms with van der Waals surface area (Å²) in [4.78, 5) is 2.73. The summed E-state index contributed by atoms with van der Waals surface area (Å²) < 4.78 is 0. The molecule has 0 aromatic heterocycles. The zero-order valence-corrected chi connectivity index (χ0v) is 14.6. The smallest absolute Gasteiger partial charge is 0.0284 e. The highest BCUT2D eigenvalue weighted by Crippen LogP contribution is 2.40. The molecule has 126 valence electrons. The van der Waals surface area contributed by atoms with Crippen LogP contribution in [0.25, 0.3) is 0 Å². The fourth-order valence-electron chi connectivity index (χ4n) is 4.69. The second-order valence-electron chi connectivity index (χ2n) is 7.42. The largest absolute Gasteiger partial charge is 0.329 e. The maximum Gasteiger partial charge on any atom is 0.0284 e. The van der Waals surface area contributed by atoms with E-state index in [9.17, 15) is 0 Å². The quantitative estimate of drug-likeness (QED) is 0.552. The summed E-state index contributed by atoms with van der Waals surface area (Å²) in [5.74, 6) is 1.76. The average molecular weight is 306 g/mol. The Bertz CT molecular complexity index is 377. The molecule has 4 atom stereocenters. The van der Waals surface area contributed by atoms with Gasteiger partial charge < -0.3 is 11.1 Å². The van der Waals surface area contributed by atoms with Crippen LogP contribution in [-0.2, 0) is 0 Å². The molecule has 2 rings (SSSR count). The van der Waals surface area contributed by atoms with Crippen molar-refractivity contribution in [3.63, 3.8) is 0 Å². The van der Waals surface area contributed by atoms with E-state index in [-0.39, 0.29) is 0 Å². The summed E-state index contributed by atoms with van der Waals surface area (Å²) in [7, 11) is 0. The predicted octanol–water partition coefficient (Wildman–Crippen LogP) is 3.98. The van der Waals surface area contributed by atoms with E-state index in [2.05, 4.69) is 24.8 Å². The lowest BCUT2D eigenvalue weighted by Crippen LogP contribution is -2.51. The lowest BCUT2D eigenvalue weighted by molar-refractivity contribution is 0.0583. The summed E-state index contributed by atoms with van der Waals surface area (Å²) >= 11 is 0. The first kappa shape index (κ1) is 17.7. The van der Waals surface area contributed by atoms with Gasteiger partial charge in [0.15, 0.2) is 0 Å². The molecule has 0 bridgehead atoms. The van der Waals surface area contributed by atoms with Crippen molar-refractivity contribution >= 4 is 6.21 Å². The number of hydrogen-bond donors (Lipinski definition) is 2. The van der Waals surface area contributed by atoms with E-state index in [1.54, 1.807) is 0 Å². The molecule has 0 radical (unpaired) electrons. The van der Waals surface area contributed by atoms with Gasteiger partial charge in [-0.3, -0.25) is 4.90 Å². The van der Waals surface area contributed by atoms with E-state index in [0.29, 0.717) is 6.04 Å². The van der Waals surface area contributed by atoms with Gasteiger partial charge in [-0.05, 0) is 57.1 Å². The SMILES string of the molecule is C/C(=C\[C@@H]1CCC[C@H](C2CCCC2C)N1CCN)CCC=N. The number of nitrogens with zero attached hydrogens (tertiary/aromatic N) is 1. The number of piperidine rings is 1. The Morgan fingerprint density at radius 3 is 2.64 bits per heavy atom. The van der Waals surface area contributed by atoms with E-state index < -0.39 is 0 Å². The van der Waals surface area contributed by atoms with Gasteiger partial charge in [-0.2, -0.15) is 0 Å². The molecule has 3 N–H and O–H groups in total. The minimum absolute atomic E-state index is 0.570. The van der Waals surface area contributed by atoms with E-state index in [4.69, 9.17) is 11.1 Å². The molecule has 2 aliphatic rings. The van der Waals surface area contributed by atoms with Crippen molar-refractivity contribution < 1.29 is 0 Å². The van der Waals surface area contributed by atoms with Crippen LogP contribution in [0.15, 0.2) is 11.6 Å². The van der Waals surface area contributed by atoms with Gasteiger partial charge in [-0.15, -0.1) is 0 Å². The Kier molecular flexibility index (Phi) is 7.10. The molecule has 2 unspecified atom stereocenters. The van der Waals surface area contributed by atoms with Crippen LogP contribution in [0.1, 0.15) is 65.2 Å². The van der Waals surface area contributed by atoms with Crippen molar-refractivity contribution in [2.24, 2.45) is 17.6 Å². The summed E-state index contributed by atoms with van der Waals surface area (Å²) in [5, 5.41) is 7.21. The number of hydrogen-bond acceptors (Lipinski definition) is 3. The maximum absolute atomic E-state index is 7.21. The maximum atomic E-state index is 7.21. The molecule has 3 nitrogen and oxygen atoms in total. The molecule has 0 spiro atoms. The first-order valence-electron chi connectivity index (χ1n) is 9.29. The summed E-state index contributed by atoms with van der Waals surface area (Å²) in [6.45, 7) is 6.48. The van der Waals surface area contributed by atoms with Crippen LogP contribution in [0.3, 0.4) is 0 Å². The lowest BCUT2D eigenvalue weighted by atomic mass is 9.81. The fourth-order valence-corrected chi connectivity index (χ4v) is 4.69. The molecule has 1 heterocycles. The van der Waals surface area contributed by atoms with E-state index >= 15 is 0 Å². The summed E-state index contributed by atoms with van der Waals surface area (Å²) in [5.41, 5.74) is 7.38. The molecule has 0 aromatic rings. The monoisotopic (exact) mass is 305 g/mol. The molecular formula is C19H35N3. The second-order valence-corrected chi connectivity index (χ2v) is 7.42. The molecular weight excluding hydrogens is 270 g/mol. The van der Waals surface area contributed by atoms with Crippen LogP contribution >= 0.6 is 0 Å². The Hall–Kier alpha value is -0.670. The minimum Gasteiger partial charge on any atom is -0.329 e. The summed E-state index contributed by atoms with van der Waals surface area (Å²) in [6.07, 6.45) is 14.1. The van der Waals surface area contributed by atoms with Gasteiger partial charge >= 0.3 is 0 Å². The van der Waals surface area contributed by atoms with Crippen LogP contribution in [0, 0.1) is 17.2 Å². The molecule has 1 aliphatic heterocycles. The standard InChI is InChI=1S/C19H35N3/c1-15(6-5-11-20)14-17-8-4-10-19(22(17)13-12-21)18-9-3-7-16(18)2/h11,14,16-20H,3-10,12-13,21H2,1-2H3/b15-14+,20-11?/t16?,17-,18?,19+/m0/s1. The van der Waals surface area contributed by atoms with Crippen molar-refractivity contribution in [1.82, 2.24) is 4.90 Å². The van der Waals surface area contributed by atoms with Gasteiger partial charge in [-0.1, -0.05) is 37.8 Å². The minimum atomic E-state index is 0.570. The van der Waals surface area contributed by atoms with Gasteiger partial charge in [0, 0.05) is 25.2 Å². The zero-order valence-electron chi connectivity index (χ0n) is 14.6. The normalized spacial score (nSPS) is 34.0. The van der Waals surface area contributed by atoms with Gasteiger partial charge in [0.05, 0.1) is 0 Å². The number of likely N-dealkylation sites (tertiary alicyclic amines) is 1. The number of nitrogens with one attached hydrogen (secondary N) is 1. The van der Waals surface area contributed by atoms with Gasteiger partial charge in [0.2, 0.25) is 0 Å². The molecule has 1 saturated heterocycles. The zero-order chi connectivity index (χ0) is 15.9. The van der Waals surface area contributed by atoms with Crippen LogP contribution in [0.5, 0.6) is 0 Å². The van der Waals surface area contributed by atoms with Gasteiger partial charge in [0.1, 0.15) is 0 Å². The highest BCUT2D eigenvalue weighted by Gasteiger charge is 2.38. The van der Waals surface area contributed by atoms with Crippen LogP contribution in [0.2, 0.25) is 0 Å².